The first-order valence-electron chi connectivity index (χ1n) is 7.12. The smallest absolute Gasteiger partial charge is 0.151 e. The van der Waals surface area contributed by atoms with Gasteiger partial charge in [0, 0.05) is 19.0 Å². The molecule has 2 atom stereocenters. The van der Waals surface area contributed by atoms with Crippen LogP contribution in [0.25, 0.3) is 0 Å². The van der Waals surface area contributed by atoms with Gasteiger partial charge in [0.05, 0.1) is 17.9 Å². The molecule has 2 N–H and O–H groups in total. The molecule has 5 nitrogen and oxygen atoms in total. The largest absolute Gasteiger partial charge is 0.390 e. The van der Waals surface area contributed by atoms with Crippen LogP contribution in [0.15, 0.2) is 12.1 Å². The summed E-state index contributed by atoms with van der Waals surface area (Å²) in [7, 11) is 0. The summed E-state index contributed by atoms with van der Waals surface area (Å²) in [6.07, 6.45) is 5.24. The molecule has 5 heteroatoms. The fraction of sp³-hybridized carbons (Fsp3) is 0.714. The van der Waals surface area contributed by atoms with Crippen LogP contribution in [0, 0.1) is 5.92 Å². The Morgan fingerprint density at radius 1 is 1.26 bits per heavy atom. The molecule has 2 unspecified atom stereocenters. The van der Waals surface area contributed by atoms with Crippen LogP contribution in [-0.2, 0) is 6.61 Å². The molecule has 0 radical (unpaired) electrons. The SMILES string of the molecule is OCc1ccc(N2CCC3(O)CCCCC3C2)nn1. The molecule has 1 aliphatic heterocycles. The molecule has 1 saturated heterocycles. The number of aliphatic hydroxyl groups is 2. The number of rotatable bonds is 2. The van der Waals surface area contributed by atoms with Crippen molar-refractivity contribution in [2.75, 3.05) is 18.0 Å². The van der Waals surface area contributed by atoms with Gasteiger partial charge in [-0.2, -0.15) is 5.10 Å². The fourth-order valence-corrected chi connectivity index (χ4v) is 3.38. The highest BCUT2D eigenvalue weighted by atomic mass is 16.3. The summed E-state index contributed by atoms with van der Waals surface area (Å²) in [5.41, 5.74) is 0.141. The molecule has 1 saturated carbocycles. The Labute approximate surface area is 113 Å². The van der Waals surface area contributed by atoms with E-state index in [4.69, 9.17) is 5.11 Å². The first kappa shape index (κ1) is 12.8. The zero-order chi connectivity index (χ0) is 13.3. The molecule has 19 heavy (non-hydrogen) atoms. The zero-order valence-electron chi connectivity index (χ0n) is 11.1. The van der Waals surface area contributed by atoms with Crippen LogP contribution in [-0.4, -0.2) is 39.1 Å². The molecule has 1 aliphatic carbocycles. The first-order chi connectivity index (χ1) is 9.21. The molecule has 0 spiro atoms. The van der Waals surface area contributed by atoms with Gasteiger partial charge in [0.15, 0.2) is 5.82 Å². The normalized spacial score (nSPS) is 31.1. The minimum absolute atomic E-state index is 0.0738. The van der Waals surface area contributed by atoms with Crippen LogP contribution < -0.4 is 4.90 Å². The van der Waals surface area contributed by atoms with Crippen LogP contribution in [0.2, 0.25) is 0 Å². The molecule has 2 aliphatic rings. The number of anilines is 1. The first-order valence-corrected chi connectivity index (χ1v) is 7.12. The van der Waals surface area contributed by atoms with Gasteiger partial charge in [-0.05, 0) is 31.4 Å². The topological polar surface area (TPSA) is 69.5 Å². The van der Waals surface area contributed by atoms with Crippen molar-refractivity contribution in [1.29, 1.82) is 0 Å². The summed E-state index contributed by atoms with van der Waals surface area (Å²) in [5, 5.41) is 27.8. The summed E-state index contributed by atoms with van der Waals surface area (Å²) >= 11 is 0. The molecule has 104 valence electrons. The maximum Gasteiger partial charge on any atom is 0.151 e. The van der Waals surface area contributed by atoms with Crippen LogP contribution in [0.3, 0.4) is 0 Å². The summed E-state index contributed by atoms with van der Waals surface area (Å²) in [4.78, 5) is 2.21. The van der Waals surface area contributed by atoms with E-state index in [1.165, 1.54) is 6.42 Å². The Morgan fingerprint density at radius 2 is 2.16 bits per heavy atom. The van der Waals surface area contributed by atoms with Crippen molar-refractivity contribution in [2.24, 2.45) is 5.92 Å². The van der Waals surface area contributed by atoms with Crippen molar-refractivity contribution in [3.05, 3.63) is 17.8 Å². The average Bonchev–Trinajstić information content (AvgIpc) is 2.46. The highest BCUT2D eigenvalue weighted by Gasteiger charge is 2.42. The molecule has 1 aromatic rings. The monoisotopic (exact) mass is 263 g/mol. The second kappa shape index (κ2) is 5.06. The Kier molecular flexibility index (Phi) is 3.41. The van der Waals surface area contributed by atoms with Gasteiger partial charge in [0.25, 0.3) is 0 Å². The Morgan fingerprint density at radius 3 is 2.89 bits per heavy atom. The molecule has 2 fully saturated rings. The maximum absolute atomic E-state index is 10.6. The van der Waals surface area contributed by atoms with Crippen LogP contribution in [0.5, 0.6) is 0 Å². The molecular weight excluding hydrogens is 242 g/mol. The van der Waals surface area contributed by atoms with Crippen molar-refractivity contribution < 1.29 is 10.2 Å². The number of piperidine rings is 1. The summed E-state index contributed by atoms with van der Waals surface area (Å²) in [6.45, 7) is 1.62. The van der Waals surface area contributed by atoms with Crippen molar-refractivity contribution in [2.45, 2.75) is 44.3 Å². The third-order valence-corrected chi connectivity index (χ3v) is 4.62. The van der Waals surface area contributed by atoms with E-state index in [0.717, 1.165) is 44.6 Å². The number of hydrogen-bond acceptors (Lipinski definition) is 5. The van der Waals surface area contributed by atoms with E-state index in [9.17, 15) is 5.11 Å². The third-order valence-electron chi connectivity index (χ3n) is 4.62. The standard InChI is InChI=1S/C14H21N3O2/c18-10-12-4-5-13(16-15-12)17-8-7-14(19)6-2-1-3-11(14)9-17/h4-5,11,18-19H,1-3,6-10H2. The third kappa shape index (κ3) is 2.44. The summed E-state index contributed by atoms with van der Waals surface area (Å²) < 4.78 is 0. The molecule has 1 aromatic heterocycles. The van der Waals surface area contributed by atoms with Gasteiger partial charge >= 0.3 is 0 Å². The molecule has 2 heterocycles. The van der Waals surface area contributed by atoms with E-state index in [0.29, 0.717) is 11.6 Å². The van der Waals surface area contributed by atoms with E-state index < -0.39 is 5.60 Å². The predicted octanol–water partition coefficient (Wildman–Crippen LogP) is 1.10. The van der Waals surface area contributed by atoms with Gasteiger partial charge in [0.2, 0.25) is 0 Å². The number of nitrogens with zero attached hydrogens (tertiary/aromatic N) is 3. The van der Waals surface area contributed by atoms with Crippen LogP contribution in [0.4, 0.5) is 5.82 Å². The second-order valence-corrected chi connectivity index (χ2v) is 5.78. The summed E-state index contributed by atoms with van der Waals surface area (Å²) in [6, 6.07) is 3.72. The van der Waals surface area contributed by atoms with Crippen molar-refractivity contribution in [3.63, 3.8) is 0 Å². The van der Waals surface area contributed by atoms with E-state index >= 15 is 0 Å². The predicted molar refractivity (Wildman–Crippen MR) is 71.7 cm³/mol. The quantitative estimate of drug-likeness (QED) is 0.836. The minimum Gasteiger partial charge on any atom is -0.390 e. The highest BCUT2D eigenvalue weighted by Crippen LogP contribution is 2.40. The molecule has 0 bridgehead atoms. The van der Waals surface area contributed by atoms with Crippen molar-refractivity contribution >= 4 is 5.82 Å². The highest BCUT2D eigenvalue weighted by molar-refractivity contribution is 5.38. The lowest BCUT2D eigenvalue weighted by atomic mass is 9.71. The van der Waals surface area contributed by atoms with Gasteiger partial charge in [-0.25, -0.2) is 0 Å². The maximum atomic E-state index is 10.6. The number of aliphatic hydroxyl groups excluding tert-OH is 1. The van der Waals surface area contributed by atoms with Crippen LogP contribution >= 0.6 is 0 Å². The van der Waals surface area contributed by atoms with Gasteiger partial charge in [0.1, 0.15) is 0 Å². The zero-order valence-corrected chi connectivity index (χ0v) is 11.1. The molecule has 0 aromatic carbocycles. The van der Waals surface area contributed by atoms with Gasteiger partial charge in [-0.3, -0.25) is 0 Å². The van der Waals surface area contributed by atoms with Crippen molar-refractivity contribution in [3.8, 4) is 0 Å². The van der Waals surface area contributed by atoms with E-state index in [1.54, 1.807) is 0 Å². The van der Waals surface area contributed by atoms with Gasteiger partial charge < -0.3 is 15.1 Å². The van der Waals surface area contributed by atoms with Gasteiger partial charge in [-0.15, -0.1) is 5.10 Å². The molecule has 3 rings (SSSR count). The Balaban J connectivity index is 1.73. The van der Waals surface area contributed by atoms with Gasteiger partial charge in [-0.1, -0.05) is 12.8 Å². The lowest BCUT2D eigenvalue weighted by molar-refractivity contribution is -0.0613. The van der Waals surface area contributed by atoms with Crippen molar-refractivity contribution in [1.82, 2.24) is 10.2 Å². The Hall–Kier alpha value is -1.20. The van der Waals surface area contributed by atoms with E-state index in [2.05, 4.69) is 15.1 Å². The lowest BCUT2D eigenvalue weighted by Gasteiger charge is -2.47. The average molecular weight is 263 g/mol. The summed E-state index contributed by atoms with van der Waals surface area (Å²) in [5.74, 6) is 1.21. The number of aromatic nitrogens is 2. The fourth-order valence-electron chi connectivity index (χ4n) is 3.38. The molecular formula is C14H21N3O2. The second-order valence-electron chi connectivity index (χ2n) is 5.78. The Bertz CT molecular complexity index is 437. The lowest BCUT2D eigenvalue weighted by Crippen LogP contribution is -2.53. The minimum atomic E-state index is -0.451. The van der Waals surface area contributed by atoms with E-state index in [-0.39, 0.29) is 6.61 Å². The number of fused-ring (bicyclic) bond motifs is 1. The van der Waals surface area contributed by atoms with Crippen LogP contribution in [0.1, 0.15) is 37.8 Å². The van der Waals surface area contributed by atoms with E-state index in [1.807, 2.05) is 12.1 Å². The number of hydrogen-bond donors (Lipinski definition) is 2. The molecule has 0 amide bonds.